The van der Waals surface area contributed by atoms with Crippen LogP contribution in [0.1, 0.15) is 45.9 Å². The third-order valence-electron chi connectivity index (χ3n) is 4.54. The fraction of sp³-hybridized carbons (Fsp3) is 0.667. The molecular weight excluding hydrogens is 268 g/mol. The maximum absolute atomic E-state index is 12.9. The molecule has 2 heterocycles. The minimum atomic E-state index is -0.770. The zero-order valence-corrected chi connectivity index (χ0v) is 13.2. The average Bonchev–Trinajstić information content (AvgIpc) is 2.88. The quantitative estimate of drug-likeness (QED) is 0.887. The van der Waals surface area contributed by atoms with Gasteiger partial charge < -0.3 is 14.8 Å². The number of amides is 2. The van der Waals surface area contributed by atoms with E-state index in [1.54, 1.807) is 11.1 Å². The van der Waals surface area contributed by atoms with Gasteiger partial charge in [-0.1, -0.05) is 20.8 Å². The number of imidazole rings is 1. The minimum absolute atomic E-state index is 0.00181. The summed E-state index contributed by atoms with van der Waals surface area (Å²) < 4.78 is 1.88. The standard InChI is InChI=1S/C15H24N4O2/c1-5-11-13(20)17-15(6-2,7-3)14(21)19(11)10-12-16-8-9-18(12)4/h8-9,11H,5-7,10H2,1-4H3,(H,17,20). The summed E-state index contributed by atoms with van der Waals surface area (Å²) in [5, 5.41) is 2.95. The molecule has 1 N–H and O–H groups in total. The molecule has 1 aliphatic rings. The van der Waals surface area contributed by atoms with E-state index in [1.165, 1.54) is 0 Å². The Balaban J connectivity index is 2.35. The van der Waals surface area contributed by atoms with Crippen molar-refractivity contribution in [2.75, 3.05) is 0 Å². The first kappa shape index (κ1) is 15.5. The van der Waals surface area contributed by atoms with E-state index in [2.05, 4.69) is 10.3 Å². The van der Waals surface area contributed by atoms with Crippen LogP contribution in [0.2, 0.25) is 0 Å². The molecule has 1 unspecified atom stereocenters. The normalized spacial score (nSPS) is 21.5. The molecule has 0 bridgehead atoms. The van der Waals surface area contributed by atoms with Gasteiger partial charge in [-0.3, -0.25) is 9.59 Å². The van der Waals surface area contributed by atoms with Gasteiger partial charge in [0.1, 0.15) is 17.4 Å². The summed E-state index contributed by atoms with van der Waals surface area (Å²) in [6, 6.07) is -0.416. The number of nitrogens with one attached hydrogen (secondary N) is 1. The number of aromatic nitrogens is 2. The highest BCUT2D eigenvalue weighted by Gasteiger charge is 2.48. The van der Waals surface area contributed by atoms with E-state index in [9.17, 15) is 9.59 Å². The van der Waals surface area contributed by atoms with Crippen LogP contribution < -0.4 is 5.32 Å². The predicted molar refractivity (Wildman–Crippen MR) is 79.3 cm³/mol. The summed E-state index contributed by atoms with van der Waals surface area (Å²) in [6.45, 7) is 6.17. The first-order chi connectivity index (χ1) is 9.99. The summed E-state index contributed by atoms with van der Waals surface area (Å²) in [5.74, 6) is 0.731. The van der Waals surface area contributed by atoms with E-state index in [-0.39, 0.29) is 11.8 Å². The van der Waals surface area contributed by atoms with Crippen molar-refractivity contribution >= 4 is 11.8 Å². The summed E-state index contributed by atoms with van der Waals surface area (Å²) in [6.07, 6.45) is 5.35. The fourth-order valence-corrected chi connectivity index (χ4v) is 2.95. The number of piperazine rings is 1. The lowest BCUT2D eigenvalue weighted by molar-refractivity contribution is -0.156. The molecule has 0 radical (unpaired) electrons. The number of carbonyl (C=O) groups excluding carboxylic acids is 2. The van der Waals surface area contributed by atoms with Crippen LogP contribution in [0.4, 0.5) is 0 Å². The lowest BCUT2D eigenvalue weighted by atomic mass is 9.86. The molecule has 6 nitrogen and oxygen atoms in total. The van der Waals surface area contributed by atoms with Crippen LogP contribution in [0.25, 0.3) is 0 Å². The number of nitrogens with zero attached hydrogens (tertiary/aromatic N) is 3. The molecule has 1 aromatic rings. The zero-order valence-electron chi connectivity index (χ0n) is 13.2. The van der Waals surface area contributed by atoms with Crippen molar-refractivity contribution in [1.82, 2.24) is 19.8 Å². The molecule has 2 rings (SSSR count). The van der Waals surface area contributed by atoms with Crippen LogP contribution in [-0.2, 0) is 23.2 Å². The van der Waals surface area contributed by atoms with Crippen LogP contribution >= 0.6 is 0 Å². The van der Waals surface area contributed by atoms with Crippen molar-refractivity contribution in [3.05, 3.63) is 18.2 Å². The van der Waals surface area contributed by atoms with Gasteiger partial charge in [0, 0.05) is 19.4 Å². The van der Waals surface area contributed by atoms with E-state index in [0.29, 0.717) is 25.8 Å². The molecule has 0 spiro atoms. The molecule has 1 aromatic heterocycles. The molecule has 1 saturated heterocycles. The smallest absolute Gasteiger partial charge is 0.249 e. The van der Waals surface area contributed by atoms with Crippen molar-refractivity contribution in [1.29, 1.82) is 0 Å². The van der Waals surface area contributed by atoms with Gasteiger partial charge in [0.25, 0.3) is 0 Å². The molecule has 0 aliphatic carbocycles. The van der Waals surface area contributed by atoms with Crippen molar-refractivity contribution in [3.63, 3.8) is 0 Å². The van der Waals surface area contributed by atoms with Crippen LogP contribution in [-0.4, -0.2) is 37.8 Å². The van der Waals surface area contributed by atoms with Gasteiger partial charge in [0.2, 0.25) is 11.8 Å². The van der Waals surface area contributed by atoms with Crippen LogP contribution in [0.3, 0.4) is 0 Å². The second-order valence-corrected chi connectivity index (χ2v) is 5.59. The molecule has 21 heavy (non-hydrogen) atoms. The summed E-state index contributed by atoms with van der Waals surface area (Å²) in [7, 11) is 1.89. The minimum Gasteiger partial charge on any atom is -0.340 e. The van der Waals surface area contributed by atoms with Crippen molar-refractivity contribution in [2.24, 2.45) is 7.05 Å². The first-order valence-electron chi connectivity index (χ1n) is 7.58. The molecule has 1 fully saturated rings. The first-order valence-corrected chi connectivity index (χ1v) is 7.58. The lowest BCUT2D eigenvalue weighted by Crippen LogP contribution is -2.69. The molecule has 1 atom stereocenters. The summed E-state index contributed by atoms with van der Waals surface area (Å²) in [5.41, 5.74) is -0.770. The van der Waals surface area contributed by atoms with Gasteiger partial charge in [-0.2, -0.15) is 0 Å². The maximum Gasteiger partial charge on any atom is 0.249 e. The van der Waals surface area contributed by atoms with E-state index in [1.807, 2.05) is 38.6 Å². The van der Waals surface area contributed by atoms with Gasteiger partial charge in [0.15, 0.2) is 0 Å². The van der Waals surface area contributed by atoms with Crippen molar-refractivity contribution in [2.45, 2.75) is 58.2 Å². The van der Waals surface area contributed by atoms with E-state index < -0.39 is 11.6 Å². The number of rotatable bonds is 5. The Labute approximate surface area is 125 Å². The van der Waals surface area contributed by atoms with Crippen LogP contribution in [0, 0.1) is 0 Å². The Hall–Kier alpha value is -1.85. The Morgan fingerprint density at radius 2 is 1.95 bits per heavy atom. The van der Waals surface area contributed by atoms with Gasteiger partial charge in [0.05, 0.1) is 6.54 Å². The number of hydrogen-bond donors (Lipinski definition) is 1. The highest BCUT2D eigenvalue weighted by atomic mass is 16.2. The zero-order chi connectivity index (χ0) is 15.6. The molecule has 0 saturated carbocycles. The number of aryl methyl sites for hydroxylation is 1. The Morgan fingerprint density at radius 1 is 1.29 bits per heavy atom. The van der Waals surface area contributed by atoms with Crippen molar-refractivity contribution in [3.8, 4) is 0 Å². The topological polar surface area (TPSA) is 67.2 Å². The predicted octanol–water partition coefficient (Wildman–Crippen LogP) is 1.22. The molecular formula is C15H24N4O2. The SMILES string of the molecule is CCC1C(=O)NC(CC)(CC)C(=O)N1Cc1nccn1C. The van der Waals surface area contributed by atoms with Gasteiger partial charge in [-0.15, -0.1) is 0 Å². The molecule has 6 heteroatoms. The third kappa shape index (κ3) is 2.54. The van der Waals surface area contributed by atoms with Gasteiger partial charge >= 0.3 is 0 Å². The van der Waals surface area contributed by atoms with Crippen LogP contribution in [0.5, 0.6) is 0 Å². The molecule has 116 valence electrons. The Bertz CT molecular complexity index is 534. The monoisotopic (exact) mass is 292 g/mol. The Morgan fingerprint density at radius 3 is 2.43 bits per heavy atom. The lowest BCUT2D eigenvalue weighted by Gasteiger charge is -2.45. The second-order valence-electron chi connectivity index (χ2n) is 5.59. The average molecular weight is 292 g/mol. The van der Waals surface area contributed by atoms with E-state index in [4.69, 9.17) is 0 Å². The molecule has 2 amide bonds. The van der Waals surface area contributed by atoms with Crippen LogP contribution in [0.15, 0.2) is 12.4 Å². The number of carbonyl (C=O) groups is 2. The van der Waals surface area contributed by atoms with E-state index in [0.717, 1.165) is 5.82 Å². The second kappa shape index (κ2) is 5.87. The van der Waals surface area contributed by atoms with E-state index >= 15 is 0 Å². The van der Waals surface area contributed by atoms with Crippen molar-refractivity contribution < 1.29 is 9.59 Å². The summed E-state index contributed by atoms with van der Waals surface area (Å²) in [4.78, 5) is 31.3. The van der Waals surface area contributed by atoms with Gasteiger partial charge in [-0.25, -0.2) is 4.98 Å². The fourth-order valence-electron chi connectivity index (χ4n) is 2.95. The highest BCUT2D eigenvalue weighted by molar-refractivity contribution is 5.99. The molecule has 1 aliphatic heterocycles. The Kier molecular flexibility index (Phi) is 4.34. The summed E-state index contributed by atoms with van der Waals surface area (Å²) >= 11 is 0. The highest BCUT2D eigenvalue weighted by Crippen LogP contribution is 2.27. The largest absolute Gasteiger partial charge is 0.340 e. The van der Waals surface area contributed by atoms with Gasteiger partial charge in [-0.05, 0) is 19.3 Å². The third-order valence-corrected chi connectivity index (χ3v) is 4.54. The maximum atomic E-state index is 12.9. The molecule has 0 aromatic carbocycles. The number of hydrogen-bond acceptors (Lipinski definition) is 3.